The van der Waals surface area contributed by atoms with Gasteiger partial charge in [0.05, 0.1) is 12.2 Å². The smallest absolute Gasteiger partial charge is 0.239 e. The molecule has 0 unspecified atom stereocenters. The first-order valence-corrected chi connectivity index (χ1v) is 5.26. The molecule has 0 atom stereocenters. The molecule has 0 radical (unpaired) electrons. The molecule has 0 aliphatic carbocycles. The molecule has 0 saturated heterocycles. The normalized spacial score (nSPS) is 9.82. The van der Waals surface area contributed by atoms with E-state index in [-0.39, 0.29) is 24.1 Å². The van der Waals surface area contributed by atoms with E-state index in [1.165, 1.54) is 12.1 Å². The zero-order valence-electron chi connectivity index (χ0n) is 9.75. The summed E-state index contributed by atoms with van der Waals surface area (Å²) in [6, 6.07) is 6.06. The van der Waals surface area contributed by atoms with Crippen LogP contribution in [0.3, 0.4) is 0 Å². The Labute approximate surface area is 99.4 Å². The summed E-state index contributed by atoms with van der Waals surface area (Å²) in [5.74, 6) is -0.796. The van der Waals surface area contributed by atoms with Gasteiger partial charge in [-0.1, -0.05) is 6.07 Å². The Balaban J connectivity index is 2.67. The van der Waals surface area contributed by atoms with Crippen molar-refractivity contribution in [3.05, 3.63) is 29.6 Å². The van der Waals surface area contributed by atoms with Crippen molar-refractivity contribution in [3.63, 3.8) is 0 Å². The van der Waals surface area contributed by atoms with Gasteiger partial charge in [-0.15, -0.1) is 0 Å². The van der Waals surface area contributed by atoms with E-state index in [1.807, 2.05) is 13.8 Å². The number of benzene rings is 1. The monoisotopic (exact) mass is 235 g/mol. The Morgan fingerprint density at radius 2 is 2.24 bits per heavy atom. The van der Waals surface area contributed by atoms with Gasteiger partial charge in [0.25, 0.3) is 0 Å². The Bertz CT molecular complexity index is 452. The van der Waals surface area contributed by atoms with Crippen molar-refractivity contribution in [2.24, 2.45) is 0 Å². The fourth-order valence-corrected chi connectivity index (χ4v) is 1.33. The van der Waals surface area contributed by atoms with Crippen molar-refractivity contribution >= 4 is 11.6 Å². The highest BCUT2D eigenvalue weighted by molar-refractivity contribution is 5.81. The second-order valence-electron chi connectivity index (χ2n) is 3.85. The van der Waals surface area contributed by atoms with Gasteiger partial charge in [0.15, 0.2) is 0 Å². The number of carbonyl (C=O) groups is 1. The minimum absolute atomic E-state index is 0.0102. The van der Waals surface area contributed by atoms with Crippen molar-refractivity contribution in [2.45, 2.75) is 19.9 Å². The van der Waals surface area contributed by atoms with Crippen molar-refractivity contribution in [3.8, 4) is 6.07 Å². The molecule has 0 heterocycles. The van der Waals surface area contributed by atoms with Gasteiger partial charge in [0.1, 0.15) is 17.4 Å². The van der Waals surface area contributed by atoms with E-state index in [2.05, 4.69) is 10.6 Å². The number of amides is 1. The van der Waals surface area contributed by atoms with Crippen molar-refractivity contribution in [2.75, 3.05) is 11.9 Å². The molecule has 0 saturated carbocycles. The molecule has 1 aromatic carbocycles. The number of halogens is 1. The third kappa shape index (κ3) is 3.76. The molecule has 2 N–H and O–H groups in total. The molecule has 0 fully saturated rings. The van der Waals surface area contributed by atoms with E-state index in [1.54, 1.807) is 12.1 Å². The fraction of sp³-hybridized carbons (Fsp3) is 0.333. The standard InChI is InChI=1S/C12H14FN3O/c1-8(2)16-12(17)7-15-11-5-3-4-10(13)9(11)6-14/h3-5,8,15H,7H2,1-2H3,(H,16,17). The summed E-state index contributed by atoms with van der Waals surface area (Å²) in [7, 11) is 0. The molecule has 4 nitrogen and oxygen atoms in total. The second-order valence-corrected chi connectivity index (χ2v) is 3.85. The fourth-order valence-electron chi connectivity index (χ4n) is 1.33. The molecule has 90 valence electrons. The van der Waals surface area contributed by atoms with Crippen LogP contribution in [0, 0.1) is 17.1 Å². The van der Waals surface area contributed by atoms with Crippen LogP contribution in [0.4, 0.5) is 10.1 Å². The molecule has 17 heavy (non-hydrogen) atoms. The molecule has 1 rings (SSSR count). The van der Waals surface area contributed by atoms with Crippen LogP contribution in [0.25, 0.3) is 0 Å². The quantitative estimate of drug-likeness (QED) is 0.833. The third-order valence-electron chi connectivity index (χ3n) is 2.01. The molecule has 5 heteroatoms. The van der Waals surface area contributed by atoms with Crippen LogP contribution in [-0.2, 0) is 4.79 Å². The Morgan fingerprint density at radius 1 is 1.53 bits per heavy atom. The average molecular weight is 235 g/mol. The summed E-state index contributed by atoms with van der Waals surface area (Å²) in [6.07, 6.45) is 0. The largest absolute Gasteiger partial charge is 0.375 e. The van der Waals surface area contributed by atoms with Crippen molar-refractivity contribution in [1.29, 1.82) is 5.26 Å². The topological polar surface area (TPSA) is 64.9 Å². The average Bonchev–Trinajstić information content (AvgIpc) is 2.25. The zero-order valence-corrected chi connectivity index (χ0v) is 9.75. The first-order chi connectivity index (χ1) is 8.04. The van der Waals surface area contributed by atoms with Gasteiger partial charge in [-0.05, 0) is 26.0 Å². The van der Waals surface area contributed by atoms with Gasteiger partial charge < -0.3 is 10.6 Å². The highest BCUT2D eigenvalue weighted by Crippen LogP contribution is 2.17. The number of anilines is 1. The van der Waals surface area contributed by atoms with Crippen molar-refractivity contribution < 1.29 is 9.18 Å². The summed E-state index contributed by atoms with van der Waals surface area (Å²) < 4.78 is 13.2. The lowest BCUT2D eigenvalue weighted by atomic mass is 10.2. The van der Waals surface area contributed by atoms with Crippen LogP contribution in [-0.4, -0.2) is 18.5 Å². The molecule has 0 aliphatic heterocycles. The lowest BCUT2D eigenvalue weighted by Crippen LogP contribution is -2.34. The van der Waals surface area contributed by atoms with E-state index in [0.717, 1.165) is 0 Å². The molecule has 1 aromatic rings. The zero-order chi connectivity index (χ0) is 12.8. The Morgan fingerprint density at radius 3 is 2.82 bits per heavy atom. The van der Waals surface area contributed by atoms with Crippen LogP contribution >= 0.6 is 0 Å². The number of carbonyl (C=O) groups excluding carboxylic acids is 1. The number of nitrogens with zero attached hydrogens (tertiary/aromatic N) is 1. The molecule has 0 bridgehead atoms. The SMILES string of the molecule is CC(C)NC(=O)CNc1cccc(F)c1C#N. The van der Waals surface area contributed by atoms with E-state index in [9.17, 15) is 9.18 Å². The van der Waals surface area contributed by atoms with Gasteiger partial charge in [-0.3, -0.25) is 4.79 Å². The number of hydrogen-bond donors (Lipinski definition) is 2. The minimum Gasteiger partial charge on any atom is -0.375 e. The van der Waals surface area contributed by atoms with Crippen LogP contribution in [0.15, 0.2) is 18.2 Å². The molecular formula is C12H14FN3O. The first kappa shape index (κ1) is 13.0. The van der Waals surface area contributed by atoms with Crippen LogP contribution in [0.1, 0.15) is 19.4 Å². The molecule has 0 spiro atoms. The Kier molecular flexibility index (Phi) is 4.46. The van der Waals surface area contributed by atoms with E-state index in [4.69, 9.17) is 5.26 Å². The summed E-state index contributed by atoms with van der Waals surface area (Å²) in [5.41, 5.74) is 0.247. The van der Waals surface area contributed by atoms with Crippen LogP contribution in [0.2, 0.25) is 0 Å². The highest BCUT2D eigenvalue weighted by Gasteiger charge is 2.09. The van der Waals surface area contributed by atoms with Crippen LogP contribution < -0.4 is 10.6 Å². The predicted octanol–water partition coefficient (Wildman–Crippen LogP) is 1.63. The molecule has 0 aromatic heterocycles. The predicted molar refractivity (Wildman–Crippen MR) is 62.9 cm³/mol. The van der Waals surface area contributed by atoms with Crippen LogP contribution in [0.5, 0.6) is 0 Å². The number of rotatable bonds is 4. The molecule has 1 amide bonds. The maximum atomic E-state index is 13.2. The third-order valence-corrected chi connectivity index (χ3v) is 2.01. The number of nitrogens with one attached hydrogen (secondary N) is 2. The summed E-state index contributed by atoms with van der Waals surface area (Å²) in [6.45, 7) is 3.71. The lowest BCUT2D eigenvalue weighted by Gasteiger charge is -2.11. The summed E-state index contributed by atoms with van der Waals surface area (Å²) >= 11 is 0. The lowest BCUT2D eigenvalue weighted by molar-refractivity contribution is -0.119. The highest BCUT2D eigenvalue weighted by atomic mass is 19.1. The first-order valence-electron chi connectivity index (χ1n) is 5.26. The number of hydrogen-bond acceptors (Lipinski definition) is 3. The minimum atomic E-state index is -0.596. The number of nitriles is 1. The van der Waals surface area contributed by atoms with Gasteiger partial charge >= 0.3 is 0 Å². The van der Waals surface area contributed by atoms with Gasteiger partial charge in [-0.25, -0.2) is 4.39 Å². The summed E-state index contributed by atoms with van der Waals surface area (Å²) in [5, 5.41) is 14.2. The molecular weight excluding hydrogens is 221 g/mol. The maximum Gasteiger partial charge on any atom is 0.239 e. The van der Waals surface area contributed by atoms with Gasteiger partial charge in [0.2, 0.25) is 5.91 Å². The van der Waals surface area contributed by atoms with E-state index >= 15 is 0 Å². The maximum absolute atomic E-state index is 13.2. The molecule has 0 aliphatic rings. The summed E-state index contributed by atoms with van der Waals surface area (Å²) in [4.78, 5) is 11.4. The van der Waals surface area contributed by atoms with Gasteiger partial charge in [-0.2, -0.15) is 5.26 Å². The van der Waals surface area contributed by atoms with Crippen molar-refractivity contribution in [1.82, 2.24) is 5.32 Å². The second kappa shape index (κ2) is 5.85. The Hall–Kier alpha value is -2.09. The van der Waals surface area contributed by atoms with E-state index in [0.29, 0.717) is 5.69 Å². The van der Waals surface area contributed by atoms with E-state index < -0.39 is 5.82 Å². The van der Waals surface area contributed by atoms with Gasteiger partial charge in [0, 0.05) is 6.04 Å².